The van der Waals surface area contributed by atoms with Crippen molar-refractivity contribution in [3.63, 3.8) is 0 Å². The van der Waals surface area contributed by atoms with Gasteiger partial charge >= 0.3 is 6.09 Å². The minimum absolute atomic E-state index is 0.107. The Balaban J connectivity index is 2.27. The van der Waals surface area contributed by atoms with Gasteiger partial charge in [0.2, 0.25) is 0 Å². The Morgan fingerprint density at radius 3 is 3.11 bits per heavy atom. The van der Waals surface area contributed by atoms with Gasteiger partial charge in [-0.3, -0.25) is 0 Å². The number of fused-ring (bicyclic) bond motifs is 1. The van der Waals surface area contributed by atoms with Crippen LogP contribution in [0, 0.1) is 0 Å². The summed E-state index contributed by atoms with van der Waals surface area (Å²) in [5.74, 6) is 0.612. The molecule has 0 spiro atoms. The fraction of sp³-hybridized carbons (Fsp3) is 0.167. The van der Waals surface area contributed by atoms with Gasteiger partial charge in [-0.05, 0) is 17.7 Å². The number of pyridine rings is 1. The molecule has 0 aliphatic carbocycles. The molecule has 2 N–H and O–H groups in total. The summed E-state index contributed by atoms with van der Waals surface area (Å²) < 4.78 is 11.5. The van der Waals surface area contributed by atoms with Crippen molar-refractivity contribution in [3.8, 4) is 5.75 Å². The molecule has 0 aliphatic rings. The Hall–Kier alpha value is -2.21. The van der Waals surface area contributed by atoms with E-state index in [0.717, 1.165) is 5.56 Å². The summed E-state index contributed by atoms with van der Waals surface area (Å²) in [5, 5.41) is 4.63. The second kappa shape index (κ2) is 5.62. The smallest absolute Gasteiger partial charge is 0.404 e. The zero-order valence-electron chi connectivity index (χ0n) is 10.2. The molecule has 7 heteroatoms. The van der Waals surface area contributed by atoms with Gasteiger partial charge in [0.1, 0.15) is 17.9 Å². The fourth-order valence-electron chi connectivity index (χ4n) is 1.63. The van der Waals surface area contributed by atoms with E-state index in [9.17, 15) is 4.79 Å². The maximum absolute atomic E-state index is 10.4. The Morgan fingerprint density at radius 1 is 1.63 bits per heavy atom. The van der Waals surface area contributed by atoms with E-state index in [4.69, 9.17) is 22.1 Å². The molecular weight excluding hydrogens is 270 g/mol. The summed E-state index contributed by atoms with van der Waals surface area (Å²) in [6.07, 6.45) is 5.95. The second-order valence-corrected chi connectivity index (χ2v) is 4.07. The van der Waals surface area contributed by atoms with E-state index in [1.54, 1.807) is 36.2 Å². The average molecular weight is 282 g/mol. The molecule has 6 nitrogen and oxygen atoms in total. The highest BCUT2D eigenvalue weighted by Crippen LogP contribution is 2.28. The van der Waals surface area contributed by atoms with E-state index in [1.807, 2.05) is 6.07 Å². The number of ether oxygens (including phenoxy) is 2. The lowest BCUT2D eigenvalue weighted by Crippen LogP contribution is -2.12. The molecule has 0 radical (unpaired) electrons. The third kappa shape index (κ3) is 2.97. The number of carbonyl (C=O) groups excluding carboxylic acids is 1. The van der Waals surface area contributed by atoms with Crippen LogP contribution in [-0.4, -0.2) is 29.4 Å². The van der Waals surface area contributed by atoms with Crippen LogP contribution in [0.3, 0.4) is 0 Å². The maximum Gasteiger partial charge on any atom is 0.404 e. The number of methoxy groups -OCH3 is 1. The van der Waals surface area contributed by atoms with Crippen LogP contribution in [0.25, 0.3) is 11.6 Å². The molecule has 0 bridgehead atoms. The summed E-state index contributed by atoms with van der Waals surface area (Å²) in [6, 6.07) is 1.81. The molecule has 19 heavy (non-hydrogen) atoms. The first-order valence-electron chi connectivity index (χ1n) is 5.41. The molecule has 0 saturated carbocycles. The first-order valence-corrected chi connectivity index (χ1v) is 5.79. The van der Waals surface area contributed by atoms with Gasteiger partial charge < -0.3 is 15.2 Å². The lowest BCUT2D eigenvalue weighted by atomic mass is 10.2. The number of halogens is 1. The quantitative estimate of drug-likeness (QED) is 0.931. The normalized spacial score (nSPS) is 11.1. The summed E-state index contributed by atoms with van der Waals surface area (Å²) in [6.45, 7) is 0.107. The van der Waals surface area contributed by atoms with Crippen LogP contribution in [0.5, 0.6) is 5.75 Å². The predicted molar refractivity (Wildman–Crippen MR) is 71.3 cm³/mol. The van der Waals surface area contributed by atoms with Crippen molar-refractivity contribution in [2.75, 3.05) is 13.7 Å². The molecule has 2 rings (SSSR count). The van der Waals surface area contributed by atoms with E-state index in [0.29, 0.717) is 16.3 Å². The molecule has 100 valence electrons. The molecule has 0 atom stereocenters. The van der Waals surface area contributed by atoms with Crippen molar-refractivity contribution in [1.82, 2.24) is 9.61 Å². The number of nitrogens with zero attached hydrogens (tertiary/aromatic N) is 2. The number of carbonyl (C=O) groups is 1. The van der Waals surface area contributed by atoms with Gasteiger partial charge in [-0.25, -0.2) is 9.31 Å². The Labute approximate surface area is 114 Å². The highest BCUT2D eigenvalue weighted by molar-refractivity contribution is 6.34. The number of amides is 1. The number of rotatable bonds is 4. The van der Waals surface area contributed by atoms with Crippen LogP contribution in [0.4, 0.5) is 4.79 Å². The number of nitrogens with two attached hydrogens (primary N) is 1. The van der Waals surface area contributed by atoms with Crippen LogP contribution in [0.1, 0.15) is 5.56 Å². The molecule has 2 heterocycles. The first-order chi connectivity index (χ1) is 9.11. The maximum atomic E-state index is 10.4. The molecule has 0 aromatic carbocycles. The second-order valence-electron chi connectivity index (χ2n) is 3.66. The first kappa shape index (κ1) is 13.2. The molecule has 1 amide bonds. The fourth-order valence-corrected chi connectivity index (χ4v) is 1.85. The van der Waals surface area contributed by atoms with E-state index < -0.39 is 6.09 Å². The Bertz CT molecular complexity index is 636. The number of hydrogen-bond acceptors (Lipinski definition) is 4. The monoisotopic (exact) mass is 281 g/mol. The topological polar surface area (TPSA) is 78.9 Å². The van der Waals surface area contributed by atoms with Crippen molar-refractivity contribution in [1.29, 1.82) is 0 Å². The summed E-state index contributed by atoms with van der Waals surface area (Å²) in [4.78, 5) is 10.4. The number of hydrogen-bond donors (Lipinski definition) is 1. The summed E-state index contributed by atoms with van der Waals surface area (Å²) in [5.41, 5.74) is 6.39. The predicted octanol–water partition coefficient (Wildman–Crippen LogP) is 2.10. The number of aromatic nitrogens is 2. The van der Waals surface area contributed by atoms with Gasteiger partial charge in [-0.15, -0.1) is 0 Å². The molecule has 2 aromatic rings. The van der Waals surface area contributed by atoms with E-state index in [2.05, 4.69) is 9.84 Å². The van der Waals surface area contributed by atoms with Gasteiger partial charge in [0.25, 0.3) is 0 Å². The van der Waals surface area contributed by atoms with Gasteiger partial charge in [-0.1, -0.05) is 17.7 Å². The van der Waals surface area contributed by atoms with Crippen molar-refractivity contribution in [3.05, 3.63) is 35.1 Å². The summed E-state index contributed by atoms with van der Waals surface area (Å²) >= 11 is 6.02. The molecule has 2 aromatic heterocycles. The van der Waals surface area contributed by atoms with Gasteiger partial charge in [0.05, 0.1) is 18.3 Å². The zero-order valence-corrected chi connectivity index (χ0v) is 10.9. The molecule has 0 saturated heterocycles. The SMILES string of the molecule is COc1cc(C=CCOC(N)=O)cn2ncc(Cl)c12. The molecule has 0 aliphatic heterocycles. The molecule has 0 fully saturated rings. The van der Waals surface area contributed by atoms with E-state index >= 15 is 0 Å². The van der Waals surface area contributed by atoms with Gasteiger partial charge in [-0.2, -0.15) is 5.10 Å². The zero-order chi connectivity index (χ0) is 13.8. The highest BCUT2D eigenvalue weighted by atomic mass is 35.5. The van der Waals surface area contributed by atoms with Gasteiger partial charge in [0, 0.05) is 6.20 Å². The largest absolute Gasteiger partial charge is 0.494 e. The van der Waals surface area contributed by atoms with Crippen molar-refractivity contribution < 1.29 is 14.3 Å². The van der Waals surface area contributed by atoms with Crippen molar-refractivity contribution in [2.45, 2.75) is 0 Å². The van der Waals surface area contributed by atoms with E-state index in [-0.39, 0.29) is 6.61 Å². The third-order valence-corrected chi connectivity index (χ3v) is 2.68. The highest BCUT2D eigenvalue weighted by Gasteiger charge is 2.09. The van der Waals surface area contributed by atoms with Crippen LogP contribution in [0.15, 0.2) is 24.5 Å². The lowest BCUT2D eigenvalue weighted by molar-refractivity contribution is 0.169. The molecule has 0 unspecified atom stereocenters. The minimum atomic E-state index is -0.809. The Morgan fingerprint density at radius 2 is 2.42 bits per heavy atom. The van der Waals surface area contributed by atoms with Crippen molar-refractivity contribution in [2.24, 2.45) is 5.73 Å². The molecular formula is C12H12ClN3O3. The lowest BCUT2D eigenvalue weighted by Gasteiger charge is -2.05. The minimum Gasteiger partial charge on any atom is -0.494 e. The van der Waals surface area contributed by atoms with Gasteiger partial charge in [0.15, 0.2) is 0 Å². The standard InChI is InChI=1S/C12H12ClN3O3/c1-18-10-5-8(3-2-4-19-12(14)17)7-16-11(10)9(13)6-15-16/h2-3,5-7H,4H2,1H3,(H2,14,17). The number of primary amides is 1. The van der Waals surface area contributed by atoms with Crippen LogP contribution >= 0.6 is 11.6 Å². The van der Waals surface area contributed by atoms with Crippen LogP contribution in [-0.2, 0) is 4.74 Å². The van der Waals surface area contributed by atoms with Crippen LogP contribution < -0.4 is 10.5 Å². The van der Waals surface area contributed by atoms with Crippen molar-refractivity contribution >= 4 is 29.3 Å². The van der Waals surface area contributed by atoms with Crippen LogP contribution in [0.2, 0.25) is 5.02 Å². The average Bonchev–Trinajstić information content (AvgIpc) is 2.75. The summed E-state index contributed by atoms with van der Waals surface area (Å²) in [7, 11) is 1.56. The third-order valence-electron chi connectivity index (χ3n) is 2.41. The Kier molecular flexibility index (Phi) is 3.91. The van der Waals surface area contributed by atoms with E-state index in [1.165, 1.54) is 0 Å².